The molecule has 0 aromatic carbocycles. The van der Waals surface area contributed by atoms with Gasteiger partial charge in [-0.25, -0.2) is 0 Å². The van der Waals surface area contributed by atoms with Gasteiger partial charge < -0.3 is 9.47 Å². The summed E-state index contributed by atoms with van der Waals surface area (Å²) in [7, 11) is 0. The molecule has 1 aliphatic heterocycles. The second kappa shape index (κ2) is 4.41. The van der Waals surface area contributed by atoms with Gasteiger partial charge in [0, 0.05) is 29.3 Å². The van der Waals surface area contributed by atoms with Crippen LogP contribution < -0.4 is 0 Å². The number of piperidine rings is 1. The molecule has 1 aromatic rings. The number of amides is 1. The molecule has 1 aromatic heterocycles. The van der Waals surface area contributed by atoms with Gasteiger partial charge in [-0.05, 0) is 61.0 Å². The standard InChI is InChI=1S/C14H19BrN2O/c1-9(2)16-8-11(15)6-13(16)14(18)17-7-10-3-4-12(17)5-10/h6,8-10,12H,3-5,7H2,1-2H3. The number of halogens is 1. The summed E-state index contributed by atoms with van der Waals surface area (Å²) in [4.78, 5) is 14.8. The molecule has 3 rings (SSSR count). The topological polar surface area (TPSA) is 25.2 Å². The van der Waals surface area contributed by atoms with Crippen molar-refractivity contribution in [3.8, 4) is 0 Å². The molecule has 0 spiro atoms. The summed E-state index contributed by atoms with van der Waals surface area (Å²) < 4.78 is 3.06. The molecule has 1 aliphatic carbocycles. The van der Waals surface area contributed by atoms with Gasteiger partial charge in [-0.2, -0.15) is 0 Å². The number of likely N-dealkylation sites (tertiary alicyclic amines) is 1. The quantitative estimate of drug-likeness (QED) is 0.821. The van der Waals surface area contributed by atoms with Crippen LogP contribution in [0, 0.1) is 5.92 Å². The molecular formula is C14H19BrN2O. The first-order valence-electron chi connectivity index (χ1n) is 6.74. The molecule has 98 valence electrons. The molecule has 1 amide bonds. The van der Waals surface area contributed by atoms with E-state index >= 15 is 0 Å². The van der Waals surface area contributed by atoms with Crippen LogP contribution in [0.15, 0.2) is 16.7 Å². The van der Waals surface area contributed by atoms with Gasteiger partial charge in [-0.15, -0.1) is 0 Å². The summed E-state index contributed by atoms with van der Waals surface area (Å²) >= 11 is 3.48. The maximum absolute atomic E-state index is 12.7. The Bertz CT molecular complexity index is 480. The molecular weight excluding hydrogens is 292 g/mol. The lowest BCUT2D eigenvalue weighted by Crippen LogP contribution is -2.38. The van der Waals surface area contributed by atoms with Crippen LogP contribution in [0.2, 0.25) is 0 Å². The second-order valence-corrected chi connectivity index (χ2v) is 6.75. The third-order valence-electron chi connectivity index (χ3n) is 4.26. The molecule has 2 unspecified atom stereocenters. The van der Waals surface area contributed by atoms with Crippen molar-refractivity contribution >= 4 is 21.8 Å². The summed E-state index contributed by atoms with van der Waals surface area (Å²) in [5.74, 6) is 0.964. The fourth-order valence-electron chi connectivity index (χ4n) is 3.36. The molecule has 18 heavy (non-hydrogen) atoms. The second-order valence-electron chi connectivity index (χ2n) is 5.83. The van der Waals surface area contributed by atoms with Crippen LogP contribution in [0.5, 0.6) is 0 Å². The van der Waals surface area contributed by atoms with E-state index in [0.29, 0.717) is 12.1 Å². The van der Waals surface area contributed by atoms with Gasteiger partial charge in [-0.3, -0.25) is 4.79 Å². The van der Waals surface area contributed by atoms with E-state index in [2.05, 4.69) is 39.2 Å². The van der Waals surface area contributed by atoms with Crippen molar-refractivity contribution in [3.63, 3.8) is 0 Å². The minimum atomic E-state index is 0.210. The highest BCUT2D eigenvalue weighted by Gasteiger charge is 2.41. The Morgan fingerprint density at radius 3 is 2.78 bits per heavy atom. The summed E-state index contributed by atoms with van der Waals surface area (Å²) in [6, 6.07) is 2.76. The third-order valence-corrected chi connectivity index (χ3v) is 4.69. The lowest BCUT2D eigenvalue weighted by molar-refractivity contribution is 0.0691. The van der Waals surface area contributed by atoms with Crippen LogP contribution >= 0.6 is 15.9 Å². The van der Waals surface area contributed by atoms with Crippen LogP contribution in [0.3, 0.4) is 0 Å². The predicted octanol–water partition coefficient (Wildman–Crippen LogP) is 3.46. The van der Waals surface area contributed by atoms with Gasteiger partial charge in [0.15, 0.2) is 0 Å². The molecule has 1 saturated heterocycles. The number of nitrogens with zero attached hydrogens (tertiary/aromatic N) is 2. The van der Waals surface area contributed by atoms with Crippen molar-refractivity contribution in [3.05, 3.63) is 22.4 Å². The minimum absolute atomic E-state index is 0.210. The highest BCUT2D eigenvalue weighted by molar-refractivity contribution is 9.10. The maximum atomic E-state index is 12.7. The van der Waals surface area contributed by atoms with Crippen LogP contribution in [-0.4, -0.2) is 28.0 Å². The van der Waals surface area contributed by atoms with Crippen LogP contribution in [0.1, 0.15) is 49.6 Å². The van der Waals surface area contributed by atoms with E-state index in [4.69, 9.17) is 0 Å². The minimum Gasteiger partial charge on any atom is -0.340 e. The number of hydrogen-bond acceptors (Lipinski definition) is 1. The van der Waals surface area contributed by atoms with Gasteiger partial charge in [0.25, 0.3) is 5.91 Å². The lowest BCUT2D eigenvalue weighted by Gasteiger charge is -2.27. The predicted molar refractivity (Wildman–Crippen MR) is 74.7 cm³/mol. The largest absolute Gasteiger partial charge is 0.340 e. The zero-order valence-corrected chi connectivity index (χ0v) is 12.5. The Morgan fingerprint density at radius 2 is 2.22 bits per heavy atom. The van der Waals surface area contributed by atoms with Crippen molar-refractivity contribution < 1.29 is 4.79 Å². The molecule has 4 heteroatoms. The van der Waals surface area contributed by atoms with E-state index < -0.39 is 0 Å². The number of fused-ring (bicyclic) bond motifs is 2. The number of carbonyl (C=O) groups is 1. The van der Waals surface area contributed by atoms with Crippen molar-refractivity contribution in [2.24, 2.45) is 5.92 Å². The molecule has 2 heterocycles. The monoisotopic (exact) mass is 310 g/mol. The number of aromatic nitrogens is 1. The molecule has 2 fully saturated rings. The van der Waals surface area contributed by atoms with E-state index in [1.165, 1.54) is 19.3 Å². The van der Waals surface area contributed by atoms with Crippen LogP contribution in [0.4, 0.5) is 0 Å². The third kappa shape index (κ3) is 1.91. The summed E-state index contributed by atoms with van der Waals surface area (Å²) in [5, 5.41) is 0. The molecule has 0 N–H and O–H groups in total. The lowest BCUT2D eigenvalue weighted by atomic mass is 10.1. The molecule has 2 atom stereocenters. The van der Waals surface area contributed by atoms with E-state index in [0.717, 1.165) is 22.6 Å². The summed E-state index contributed by atoms with van der Waals surface area (Å²) in [5.41, 5.74) is 0.824. The molecule has 1 saturated carbocycles. The van der Waals surface area contributed by atoms with E-state index in [1.807, 2.05) is 12.3 Å². The first kappa shape index (κ1) is 12.3. The Hall–Kier alpha value is -0.770. The molecule has 0 radical (unpaired) electrons. The van der Waals surface area contributed by atoms with Crippen LogP contribution in [-0.2, 0) is 0 Å². The first-order chi connectivity index (χ1) is 8.56. The Kier molecular flexibility index (Phi) is 3.00. The van der Waals surface area contributed by atoms with Gasteiger partial charge in [0.1, 0.15) is 5.69 Å². The fourth-order valence-corrected chi connectivity index (χ4v) is 3.80. The average Bonchev–Trinajstić information content (AvgIpc) is 3.01. The SMILES string of the molecule is CC(C)n1cc(Br)cc1C(=O)N1CC2CCC1C2. The highest BCUT2D eigenvalue weighted by atomic mass is 79.9. The summed E-state index contributed by atoms with van der Waals surface area (Å²) in [6.07, 6.45) is 5.73. The van der Waals surface area contributed by atoms with Gasteiger partial charge in [0.2, 0.25) is 0 Å². The zero-order valence-electron chi connectivity index (χ0n) is 10.9. The smallest absolute Gasteiger partial charge is 0.270 e. The Labute approximate surface area is 116 Å². The van der Waals surface area contributed by atoms with Crippen molar-refractivity contribution in [1.29, 1.82) is 0 Å². The Morgan fingerprint density at radius 1 is 1.44 bits per heavy atom. The first-order valence-corrected chi connectivity index (χ1v) is 7.54. The fraction of sp³-hybridized carbons (Fsp3) is 0.643. The van der Waals surface area contributed by atoms with E-state index in [1.54, 1.807) is 0 Å². The maximum Gasteiger partial charge on any atom is 0.270 e. The van der Waals surface area contributed by atoms with E-state index in [-0.39, 0.29) is 5.91 Å². The average molecular weight is 311 g/mol. The number of rotatable bonds is 2. The van der Waals surface area contributed by atoms with Gasteiger partial charge in [0.05, 0.1) is 0 Å². The molecule has 2 aliphatic rings. The van der Waals surface area contributed by atoms with E-state index in [9.17, 15) is 4.79 Å². The number of carbonyl (C=O) groups excluding carboxylic acids is 1. The van der Waals surface area contributed by atoms with Crippen molar-refractivity contribution in [2.45, 2.75) is 45.2 Å². The zero-order chi connectivity index (χ0) is 12.9. The van der Waals surface area contributed by atoms with Crippen molar-refractivity contribution in [2.75, 3.05) is 6.54 Å². The van der Waals surface area contributed by atoms with Crippen molar-refractivity contribution in [1.82, 2.24) is 9.47 Å². The molecule has 2 bridgehead atoms. The summed E-state index contributed by atoms with van der Waals surface area (Å²) in [6.45, 7) is 5.18. The Balaban J connectivity index is 1.88. The number of hydrogen-bond donors (Lipinski definition) is 0. The van der Waals surface area contributed by atoms with Crippen LogP contribution in [0.25, 0.3) is 0 Å². The highest BCUT2D eigenvalue weighted by Crippen LogP contribution is 2.38. The normalized spacial score (nSPS) is 26.3. The molecule has 3 nitrogen and oxygen atoms in total. The van der Waals surface area contributed by atoms with Gasteiger partial charge >= 0.3 is 0 Å². The van der Waals surface area contributed by atoms with Gasteiger partial charge in [-0.1, -0.05) is 0 Å².